The second-order valence-electron chi connectivity index (χ2n) is 17.2. The van der Waals surface area contributed by atoms with Crippen LogP contribution in [0.1, 0.15) is 100 Å². The van der Waals surface area contributed by atoms with Crippen LogP contribution in [-0.4, -0.2) is 77.8 Å². The molecule has 1 aromatic heterocycles. The molecule has 0 amide bonds. The van der Waals surface area contributed by atoms with Crippen LogP contribution in [0.2, 0.25) is 0 Å². The first-order valence-corrected chi connectivity index (χ1v) is 19.6. The maximum absolute atomic E-state index is 14.6. The molecule has 0 unspecified atom stereocenters. The number of pyridine rings is 1. The Hall–Kier alpha value is -3.49. The van der Waals surface area contributed by atoms with Gasteiger partial charge in [-0.25, -0.2) is 34.1 Å². The highest BCUT2D eigenvalue weighted by molar-refractivity contribution is 5.91. The van der Waals surface area contributed by atoms with Crippen LogP contribution in [0, 0.1) is 35.5 Å². The minimum Gasteiger partial charge on any atom is -0.456 e. The predicted octanol–water partition coefficient (Wildman–Crippen LogP) is 7.52. The molecule has 0 aromatic carbocycles. The molecule has 0 radical (unpaired) electrons. The van der Waals surface area contributed by atoms with E-state index in [4.69, 9.17) is 48.0 Å². The number of carbonyl (C=O) groups excluding carboxylic acids is 2. The van der Waals surface area contributed by atoms with Gasteiger partial charge in [0.2, 0.25) is 35.7 Å². The first kappa shape index (κ1) is 39.9. The highest BCUT2D eigenvalue weighted by Gasteiger charge is 2.72. The fourth-order valence-corrected chi connectivity index (χ4v) is 10.9. The zero-order chi connectivity index (χ0) is 41.2. The van der Waals surface area contributed by atoms with Crippen LogP contribution in [0.4, 0.5) is 26.3 Å². The minimum absolute atomic E-state index is 0.0339. The Bertz CT molecular complexity index is 1810. The number of ether oxygens (including phenoxy) is 6. The molecule has 13 nitrogen and oxygen atoms in total. The molecule has 8 aliphatic heterocycles. The van der Waals surface area contributed by atoms with E-state index in [1.165, 1.54) is 18.2 Å². The Balaban J connectivity index is 0.944. The van der Waals surface area contributed by atoms with Gasteiger partial charge in [-0.05, 0) is 76.3 Å². The van der Waals surface area contributed by atoms with Crippen molar-refractivity contribution in [1.82, 2.24) is 4.98 Å². The molecular weight excluding hydrogens is 788 g/mol. The molecule has 2 spiro atoms. The van der Waals surface area contributed by atoms with Crippen LogP contribution in [0.5, 0.6) is 0 Å². The van der Waals surface area contributed by atoms with Crippen molar-refractivity contribution in [2.75, 3.05) is 13.2 Å². The molecular formula is C39H43F6NO12. The number of carbonyl (C=O) groups is 2. The van der Waals surface area contributed by atoms with Gasteiger partial charge in [0.15, 0.2) is 11.2 Å². The lowest BCUT2D eigenvalue weighted by Crippen LogP contribution is -2.67. The molecule has 12 atom stereocenters. The molecule has 58 heavy (non-hydrogen) atoms. The summed E-state index contributed by atoms with van der Waals surface area (Å²) in [6.45, 7) is 5.40. The Morgan fingerprint density at radius 1 is 0.672 bits per heavy atom. The zero-order valence-corrected chi connectivity index (χ0v) is 32.0. The molecule has 4 bridgehead atoms. The normalized spacial score (nSPS) is 41.7. The first-order valence-electron chi connectivity index (χ1n) is 19.6. The molecule has 1 aromatic rings. The number of hydrogen-bond acceptors (Lipinski definition) is 13. The summed E-state index contributed by atoms with van der Waals surface area (Å²) in [5.74, 6) is -10.1. The number of halogens is 6. The van der Waals surface area contributed by atoms with E-state index < -0.39 is 108 Å². The number of esters is 2. The van der Waals surface area contributed by atoms with Crippen molar-refractivity contribution in [3.63, 3.8) is 0 Å². The van der Waals surface area contributed by atoms with Crippen LogP contribution >= 0.6 is 0 Å². The maximum atomic E-state index is 14.6. The van der Waals surface area contributed by atoms with E-state index >= 15 is 0 Å². The zero-order valence-electron chi connectivity index (χ0n) is 32.0. The molecule has 6 saturated heterocycles. The van der Waals surface area contributed by atoms with Crippen molar-refractivity contribution in [1.29, 1.82) is 0 Å². The van der Waals surface area contributed by atoms with Crippen molar-refractivity contribution >= 4 is 11.9 Å². The van der Waals surface area contributed by atoms with Crippen LogP contribution in [-0.2, 0) is 48.0 Å². The van der Waals surface area contributed by atoms with Crippen molar-refractivity contribution in [2.24, 2.45) is 35.5 Å². The quantitative estimate of drug-likeness (QED) is 0.159. The topological polar surface area (TPSA) is 139 Å². The highest BCUT2D eigenvalue weighted by Crippen LogP contribution is 2.63. The lowest BCUT2D eigenvalue weighted by Gasteiger charge is -2.57. The first-order chi connectivity index (χ1) is 27.3. The second-order valence-corrected chi connectivity index (χ2v) is 17.2. The maximum Gasteiger partial charge on any atom is 0.449 e. The average Bonchev–Trinajstić information content (AvgIpc) is 3.55. The van der Waals surface area contributed by atoms with Crippen LogP contribution in [0.25, 0.3) is 0 Å². The van der Waals surface area contributed by atoms with Gasteiger partial charge in [-0.3, -0.25) is 0 Å². The standard InChI is InChI=1S/C39H43F6NO12/c1-18-8-10-24-20(28(38(40,41)42)51-32-36(24)22(18)12-14-34(3,53-32)55-57-36)16-49-30(47)26-6-5-7-27(46-26)31(48)50-17-21-25-11-9-19(2)23-13-15-35(4)54-33(37(23,25)58-56-35)52-29(21)39(43,44)45/h5-7,18-19,22-25,32-33H,8-17H2,1-4H3/t18-,19-,22+,23+,24+,25+,32-,33-,34-,35+,36-,37-/m1/s1. The van der Waals surface area contributed by atoms with Gasteiger partial charge >= 0.3 is 24.3 Å². The molecule has 11 rings (SSSR count). The fourth-order valence-electron chi connectivity index (χ4n) is 10.9. The monoisotopic (exact) mass is 831 g/mol. The van der Waals surface area contributed by atoms with Gasteiger partial charge in [-0.1, -0.05) is 19.9 Å². The summed E-state index contributed by atoms with van der Waals surface area (Å²) in [7, 11) is 0. The summed E-state index contributed by atoms with van der Waals surface area (Å²) in [4.78, 5) is 54.0. The van der Waals surface area contributed by atoms with Gasteiger partial charge in [0.25, 0.3) is 0 Å². The molecule has 2 aliphatic carbocycles. The molecule has 8 fully saturated rings. The number of hydrogen-bond donors (Lipinski definition) is 0. The summed E-state index contributed by atoms with van der Waals surface area (Å²) in [6, 6.07) is 3.59. The van der Waals surface area contributed by atoms with Gasteiger partial charge in [-0.15, -0.1) is 0 Å². The van der Waals surface area contributed by atoms with Gasteiger partial charge in [-0.2, -0.15) is 26.3 Å². The molecule has 9 heterocycles. The van der Waals surface area contributed by atoms with Gasteiger partial charge in [0.05, 0.1) is 0 Å². The molecule has 0 N–H and O–H groups in total. The summed E-state index contributed by atoms with van der Waals surface area (Å²) < 4.78 is 122. The summed E-state index contributed by atoms with van der Waals surface area (Å²) in [6.07, 6.45) is -9.45. The third kappa shape index (κ3) is 6.15. The largest absolute Gasteiger partial charge is 0.456 e. The van der Waals surface area contributed by atoms with E-state index in [1.807, 2.05) is 13.8 Å². The summed E-state index contributed by atoms with van der Waals surface area (Å²) >= 11 is 0. The lowest BCUT2D eigenvalue weighted by atomic mass is 9.59. The van der Waals surface area contributed by atoms with Crippen molar-refractivity contribution < 1.29 is 83.9 Å². The molecule has 318 valence electrons. The fraction of sp³-hybridized carbons (Fsp3) is 0.718. The van der Waals surface area contributed by atoms with E-state index in [-0.39, 0.29) is 47.7 Å². The number of fused-ring (bicyclic) bond motifs is 4. The Kier molecular flexibility index (Phi) is 9.30. The van der Waals surface area contributed by atoms with Crippen molar-refractivity contribution in [3.05, 3.63) is 52.3 Å². The number of allylic oxidation sites excluding steroid dienone is 2. The van der Waals surface area contributed by atoms with E-state index in [1.54, 1.807) is 13.8 Å². The van der Waals surface area contributed by atoms with Crippen LogP contribution in [0.15, 0.2) is 40.9 Å². The predicted molar refractivity (Wildman–Crippen MR) is 179 cm³/mol. The van der Waals surface area contributed by atoms with Gasteiger partial charge in [0.1, 0.15) is 24.6 Å². The number of aromatic nitrogens is 1. The summed E-state index contributed by atoms with van der Waals surface area (Å²) in [5.41, 5.74) is -4.52. The Labute approximate surface area is 328 Å². The number of rotatable bonds is 6. The smallest absolute Gasteiger partial charge is 0.449 e. The number of alkyl halides is 6. The minimum atomic E-state index is -4.98. The van der Waals surface area contributed by atoms with Crippen molar-refractivity contribution in [2.45, 2.75) is 127 Å². The van der Waals surface area contributed by atoms with Gasteiger partial charge < -0.3 is 28.4 Å². The Morgan fingerprint density at radius 2 is 1.09 bits per heavy atom. The van der Waals surface area contributed by atoms with Crippen LogP contribution < -0.4 is 0 Å². The third-order valence-corrected chi connectivity index (χ3v) is 13.7. The third-order valence-electron chi connectivity index (χ3n) is 13.7. The molecule has 10 aliphatic rings. The Morgan fingerprint density at radius 3 is 1.48 bits per heavy atom. The van der Waals surface area contributed by atoms with Crippen LogP contribution in [0.3, 0.4) is 0 Å². The van der Waals surface area contributed by atoms with E-state index in [9.17, 15) is 35.9 Å². The van der Waals surface area contributed by atoms with E-state index in [0.717, 1.165) is 0 Å². The number of nitrogens with zero attached hydrogens (tertiary/aromatic N) is 1. The molecule has 2 saturated carbocycles. The highest BCUT2D eigenvalue weighted by atomic mass is 19.4. The van der Waals surface area contributed by atoms with Gasteiger partial charge in [0, 0.05) is 47.7 Å². The second kappa shape index (κ2) is 13.5. The van der Waals surface area contributed by atoms with Crippen molar-refractivity contribution in [3.8, 4) is 0 Å². The lowest BCUT2D eigenvalue weighted by molar-refractivity contribution is -0.558. The SMILES string of the molecule is C[C@@H]1CC[C@H]2C(COC(=O)c3cccc(C(=O)OCC4=C(C(F)(F)F)O[C@@H]5O[C@]6(C)CC[C@H]7[C@H](C)CC[C@@H]4[C@@]57OO6)n3)=C(C(F)(F)F)O[C@@H]3O[C@@]4(C)CC[C@@H]1[C@]32OO4. The molecule has 19 heteroatoms. The average molecular weight is 832 g/mol. The summed E-state index contributed by atoms with van der Waals surface area (Å²) in [5, 5.41) is 0. The van der Waals surface area contributed by atoms with E-state index in [2.05, 4.69) is 4.98 Å². The van der Waals surface area contributed by atoms with E-state index in [0.29, 0.717) is 38.5 Å².